The fourth-order valence-corrected chi connectivity index (χ4v) is 5.53. The normalized spacial score (nSPS) is 16.7. The van der Waals surface area contributed by atoms with E-state index in [4.69, 9.17) is 11.6 Å². The summed E-state index contributed by atoms with van der Waals surface area (Å²) in [5, 5.41) is 14.6. The molecule has 1 amide bonds. The standard InChI is InChI=1S/C16H17ClN2O4S2/c17-12-3-4-14(20)13(10-12)18-16(21)11-5-7-19(8-6-11)25(22,23)15-2-1-9-24-15/h1-4,9-11,20H,5-8H2,(H,18,21). The van der Waals surface area contributed by atoms with Crippen LogP contribution < -0.4 is 5.32 Å². The van der Waals surface area contributed by atoms with Gasteiger partial charge in [0.15, 0.2) is 0 Å². The number of anilines is 1. The van der Waals surface area contributed by atoms with Gasteiger partial charge in [0.2, 0.25) is 5.91 Å². The summed E-state index contributed by atoms with van der Waals surface area (Å²) in [6.45, 7) is 0.583. The van der Waals surface area contributed by atoms with Crippen LogP contribution in [0, 0.1) is 5.92 Å². The number of hydrogen-bond donors (Lipinski definition) is 2. The van der Waals surface area contributed by atoms with Crippen LogP contribution in [0.1, 0.15) is 12.8 Å². The molecule has 25 heavy (non-hydrogen) atoms. The Balaban J connectivity index is 1.62. The zero-order valence-corrected chi connectivity index (χ0v) is 15.6. The summed E-state index contributed by atoms with van der Waals surface area (Å²) < 4.78 is 26.7. The van der Waals surface area contributed by atoms with E-state index in [-0.39, 0.29) is 23.3 Å². The lowest BCUT2D eigenvalue weighted by Gasteiger charge is -2.30. The first-order chi connectivity index (χ1) is 11.9. The molecule has 3 rings (SSSR count). The molecule has 0 aliphatic carbocycles. The van der Waals surface area contributed by atoms with Crippen molar-refractivity contribution in [3.05, 3.63) is 40.7 Å². The van der Waals surface area contributed by atoms with Crippen LogP contribution in [-0.2, 0) is 14.8 Å². The second-order valence-electron chi connectivity index (χ2n) is 5.76. The minimum absolute atomic E-state index is 0.0598. The molecule has 1 aromatic heterocycles. The van der Waals surface area contributed by atoms with Gasteiger partial charge < -0.3 is 10.4 Å². The van der Waals surface area contributed by atoms with Gasteiger partial charge in [0.25, 0.3) is 10.0 Å². The number of rotatable bonds is 4. The monoisotopic (exact) mass is 400 g/mol. The Labute approximate surface area is 155 Å². The summed E-state index contributed by atoms with van der Waals surface area (Å²) in [6.07, 6.45) is 0.857. The Hall–Kier alpha value is -1.61. The van der Waals surface area contributed by atoms with Crippen LogP contribution >= 0.6 is 22.9 Å². The average Bonchev–Trinajstić information content (AvgIpc) is 3.13. The highest BCUT2D eigenvalue weighted by molar-refractivity contribution is 7.91. The molecule has 2 aromatic rings. The van der Waals surface area contributed by atoms with E-state index >= 15 is 0 Å². The molecular weight excluding hydrogens is 384 g/mol. The minimum Gasteiger partial charge on any atom is -0.506 e. The van der Waals surface area contributed by atoms with Crippen molar-refractivity contribution in [2.24, 2.45) is 5.92 Å². The lowest BCUT2D eigenvalue weighted by atomic mass is 9.97. The van der Waals surface area contributed by atoms with Gasteiger partial charge in [-0.3, -0.25) is 4.79 Å². The molecule has 1 saturated heterocycles. The molecular formula is C16H17ClN2O4S2. The number of phenolic OH excluding ortho intramolecular Hbond substituents is 1. The zero-order valence-electron chi connectivity index (χ0n) is 13.2. The minimum atomic E-state index is -3.48. The van der Waals surface area contributed by atoms with Gasteiger partial charge in [0, 0.05) is 24.0 Å². The molecule has 134 valence electrons. The number of thiophene rings is 1. The molecule has 1 aromatic carbocycles. The number of aromatic hydroxyl groups is 1. The van der Waals surface area contributed by atoms with Gasteiger partial charge in [-0.15, -0.1) is 11.3 Å². The molecule has 6 nitrogen and oxygen atoms in total. The number of nitrogens with zero attached hydrogens (tertiary/aromatic N) is 1. The van der Waals surface area contributed by atoms with Crippen LogP contribution in [0.25, 0.3) is 0 Å². The third-order valence-electron chi connectivity index (χ3n) is 4.13. The van der Waals surface area contributed by atoms with Crippen LogP contribution in [0.5, 0.6) is 5.75 Å². The van der Waals surface area contributed by atoms with E-state index in [1.165, 1.54) is 33.8 Å². The number of sulfonamides is 1. The van der Waals surface area contributed by atoms with Gasteiger partial charge in [-0.1, -0.05) is 17.7 Å². The number of phenols is 1. The van der Waals surface area contributed by atoms with E-state index in [9.17, 15) is 18.3 Å². The van der Waals surface area contributed by atoms with Crippen molar-refractivity contribution in [3.63, 3.8) is 0 Å². The largest absolute Gasteiger partial charge is 0.506 e. The SMILES string of the molecule is O=C(Nc1cc(Cl)ccc1O)C1CCN(S(=O)(=O)c2cccs2)CC1. The summed E-state index contributed by atoms with van der Waals surface area (Å²) in [7, 11) is -3.48. The van der Waals surface area contributed by atoms with E-state index in [2.05, 4.69) is 5.32 Å². The molecule has 0 saturated carbocycles. The molecule has 9 heteroatoms. The first-order valence-electron chi connectivity index (χ1n) is 7.71. The Kier molecular flexibility index (Phi) is 5.33. The highest BCUT2D eigenvalue weighted by Crippen LogP contribution is 2.30. The van der Waals surface area contributed by atoms with Crippen LogP contribution in [0.4, 0.5) is 5.69 Å². The predicted octanol–water partition coefficient (Wildman–Crippen LogP) is 3.15. The van der Waals surface area contributed by atoms with Crippen molar-refractivity contribution < 1.29 is 18.3 Å². The summed E-state index contributed by atoms with van der Waals surface area (Å²) in [6, 6.07) is 7.70. The summed E-state index contributed by atoms with van der Waals surface area (Å²) >= 11 is 7.06. The molecule has 0 atom stereocenters. The number of carbonyl (C=O) groups is 1. The predicted molar refractivity (Wildman–Crippen MR) is 97.5 cm³/mol. The lowest BCUT2D eigenvalue weighted by Crippen LogP contribution is -2.41. The number of amides is 1. The third kappa shape index (κ3) is 3.98. The molecule has 1 aliphatic rings. The van der Waals surface area contributed by atoms with Crippen LogP contribution in [0.3, 0.4) is 0 Å². The topological polar surface area (TPSA) is 86.7 Å². The van der Waals surface area contributed by atoms with Gasteiger partial charge in [-0.2, -0.15) is 4.31 Å². The van der Waals surface area contributed by atoms with E-state index < -0.39 is 10.0 Å². The van der Waals surface area contributed by atoms with Crippen LogP contribution in [0.2, 0.25) is 5.02 Å². The van der Waals surface area contributed by atoms with E-state index in [0.29, 0.717) is 35.2 Å². The summed E-state index contributed by atoms with van der Waals surface area (Å²) in [5.74, 6) is -0.616. The molecule has 0 bridgehead atoms. The van der Waals surface area contributed by atoms with Crippen molar-refractivity contribution >= 4 is 44.6 Å². The van der Waals surface area contributed by atoms with Gasteiger partial charge in [0.05, 0.1) is 5.69 Å². The van der Waals surface area contributed by atoms with Gasteiger partial charge in [-0.05, 0) is 42.5 Å². The fourth-order valence-electron chi connectivity index (χ4n) is 2.74. The summed E-state index contributed by atoms with van der Waals surface area (Å²) in [4.78, 5) is 12.4. The number of piperidine rings is 1. The quantitative estimate of drug-likeness (QED) is 0.772. The van der Waals surface area contributed by atoms with Gasteiger partial charge in [0.1, 0.15) is 9.96 Å². The Morgan fingerprint density at radius 1 is 1.28 bits per heavy atom. The smallest absolute Gasteiger partial charge is 0.252 e. The molecule has 0 radical (unpaired) electrons. The van der Waals surface area contributed by atoms with Crippen LogP contribution in [0.15, 0.2) is 39.9 Å². The van der Waals surface area contributed by atoms with Crippen molar-refractivity contribution in [1.29, 1.82) is 0 Å². The molecule has 1 fully saturated rings. The number of halogens is 1. The second kappa shape index (κ2) is 7.33. The fraction of sp³-hybridized carbons (Fsp3) is 0.312. The molecule has 2 heterocycles. The molecule has 2 N–H and O–H groups in total. The highest BCUT2D eigenvalue weighted by atomic mass is 35.5. The zero-order chi connectivity index (χ0) is 18.0. The summed E-state index contributed by atoms with van der Waals surface area (Å²) in [5.41, 5.74) is 0.256. The van der Waals surface area contributed by atoms with Crippen molar-refractivity contribution in [1.82, 2.24) is 4.31 Å². The lowest BCUT2D eigenvalue weighted by molar-refractivity contribution is -0.120. The van der Waals surface area contributed by atoms with Gasteiger partial charge >= 0.3 is 0 Å². The number of nitrogens with one attached hydrogen (secondary N) is 1. The maximum Gasteiger partial charge on any atom is 0.252 e. The molecule has 1 aliphatic heterocycles. The first kappa shape index (κ1) is 18.2. The van der Waals surface area contributed by atoms with E-state index in [0.717, 1.165) is 0 Å². The number of carbonyl (C=O) groups excluding carboxylic acids is 1. The number of hydrogen-bond acceptors (Lipinski definition) is 5. The first-order valence-corrected chi connectivity index (χ1v) is 10.4. The van der Waals surface area contributed by atoms with Crippen molar-refractivity contribution in [2.45, 2.75) is 17.1 Å². The van der Waals surface area contributed by atoms with Crippen molar-refractivity contribution in [2.75, 3.05) is 18.4 Å². The Morgan fingerprint density at radius 3 is 2.64 bits per heavy atom. The van der Waals surface area contributed by atoms with E-state index in [1.54, 1.807) is 17.5 Å². The van der Waals surface area contributed by atoms with Crippen LogP contribution in [-0.4, -0.2) is 36.8 Å². The number of benzene rings is 1. The second-order valence-corrected chi connectivity index (χ2v) is 9.31. The van der Waals surface area contributed by atoms with Gasteiger partial charge in [-0.25, -0.2) is 8.42 Å². The third-order valence-corrected chi connectivity index (χ3v) is 7.64. The van der Waals surface area contributed by atoms with E-state index in [1.807, 2.05) is 0 Å². The Bertz CT molecular complexity index is 860. The maximum atomic E-state index is 12.5. The average molecular weight is 401 g/mol. The molecule has 0 unspecified atom stereocenters. The van der Waals surface area contributed by atoms with Crippen molar-refractivity contribution in [3.8, 4) is 5.75 Å². The molecule has 0 spiro atoms. The maximum absolute atomic E-state index is 12.5. The Morgan fingerprint density at radius 2 is 2.00 bits per heavy atom. The highest BCUT2D eigenvalue weighted by Gasteiger charge is 2.32.